The maximum absolute atomic E-state index is 14.9. The molecule has 0 bridgehead atoms. The van der Waals surface area contributed by atoms with E-state index in [-0.39, 0.29) is 24.4 Å². The van der Waals surface area contributed by atoms with Gasteiger partial charge in [0.1, 0.15) is 18.2 Å². The number of ether oxygens (including phenoxy) is 2. The average molecular weight is 442 g/mol. The molecule has 2 aliphatic rings. The van der Waals surface area contributed by atoms with Crippen LogP contribution in [0.25, 0.3) is 5.57 Å². The number of hydrogen-bond donors (Lipinski definition) is 0. The molecule has 0 saturated carbocycles. The molecule has 1 saturated heterocycles. The zero-order chi connectivity index (χ0) is 22.7. The Morgan fingerprint density at radius 2 is 1.91 bits per heavy atom. The standard InChI is InChI=1S/C24H24F2N2O4/c1-16(29)31-15-20-14-28(24(30)32-20)19-11-21(25)23(22(26)12-19)18-7-9-27(10-8-18)13-17-5-3-2-4-6-17/h2-7,11-12,20H,8-10,13-15H2,1H3/t20-/m1/s1. The van der Waals surface area contributed by atoms with Crippen LogP contribution in [0.3, 0.4) is 0 Å². The van der Waals surface area contributed by atoms with Gasteiger partial charge >= 0.3 is 12.1 Å². The summed E-state index contributed by atoms with van der Waals surface area (Å²) in [6, 6.07) is 12.3. The molecule has 0 spiro atoms. The Kier molecular flexibility index (Phi) is 6.50. The van der Waals surface area contributed by atoms with Gasteiger partial charge in [-0.05, 0) is 29.7 Å². The van der Waals surface area contributed by atoms with E-state index in [2.05, 4.69) is 17.0 Å². The van der Waals surface area contributed by atoms with E-state index >= 15 is 0 Å². The molecule has 168 valence electrons. The van der Waals surface area contributed by atoms with Gasteiger partial charge in [-0.25, -0.2) is 13.6 Å². The maximum atomic E-state index is 14.9. The van der Waals surface area contributed by atoms with Crippen molar-refractivity contribution in [1.82, 2.24) is 4.90 Å². The van der Waals surface area contributed by atoms with Gasteiger partial charge in [-0.1, -0.05) is 36.4 Å². The van der Waals surface area contributed by atoms with Gasteiger partial charge in [0.25, 0.3) is 0 Å². The van der Waals surface area contributed by atoms with Gasteiger partial charge in [0.15, 0.2) is 6.10 Å². The third-order valence-corrected chi connectivity index (χ3v) is 5.55. The number of anilines is 1. The van der Waals surface area contributed by atoms with E-state index in [0.717, 1.165) is 23.6 Å². The number of carbonyl (C=O) groups is 2. The van der Waals surface area contributed by atoms with Gasteiger partial charge in [0.05, 0.1) is 12.2 Å². The summed E-state index contributed by atoms with van der Waals surface area (Å²) in [6.07, 6.45) is 0.958. The Hall–Kier alpha value is -3.26. The lowest BCUT2D eigenvalue weighted by molar-refractivity contribution is -0.143. The first-order valence-electron chi connectivity index (χ1n) is 10.5. The topological polar surface area (TPSA) is 59.1 Å². The van der Waals surface area contributed by atoms with Crippen LogP contribution in [0.5, 0.6) is 0 Å². The molecule has 2 heterocycles. The largest absolute Gasteiger partial charge is 0.462 e. The van der Waals surface area contributed by atoms with Gasteiger partial charge in [-0.3, -0.25) is 14.6 Å². The zero-order valence-electron chi connectivity index (χ0n) is 17.7. The van der Waals surface area contributed by atoms with Crippen LogP contribution < -0.4 is 4.90 Å². The fourth-order valence-corrected chi connectivity index (χ4v) is 3.98. The minimum Gasteiger partial charge on any atom is -0.462 e. The number of hydrogen-bond acceptors (Lipinski definition) is 5. The molecule has 0 aromatic heterocycles. The Labute approximate surface area is 185 Å². The number of esters is 1. The maximum Gasteiger partial charge on any atom is 0.414 e. The van der Waals surface area contributed by atoms with Crippen LogP contribution in [-0.2, 0) is 20.8 Å². The summed E-state index contributed by atoms with van der Waals surface area (Å²) in [4.78, 5) is 26.4. The highest BCUT2D eigenvalue weighted by atomic mass is 19.1. The van der Waals surface area contributed by atoms with Crippen molar-refractivity contribution in [3.8, 4) is 0 Å². The number of amides is 1. The molecular weight excluding hydrogens is 418 g/mol. The molecule has 32 heavy (non-hydrogen) atoms. The number of halogens is 2. The van der Waals surface area contributed by atoms with E-state index in [1.54, 1.807) is 0 Å². The molecular formula is C24H24F2N2O4. The van der Waals surface area contributed by atoms with E-state index in [0.29, 0.717) is 25.1 Å². The smallest absolute Gasteiger partial charge is 0.414 e. The van der Waals surface area contributed by atoms with Crippen LogP contribution in [0.1, 0.15) is 24.5 Å². The summed E-state index contributed by atoms with van der Waals surface area (Å²) in [6.45, 7) is 3.26. The molecule has 6 nitrogen and oxygen atoms in total. The summed E-state index contributed by atoms with van der Waals surface area (Å²) < 4.78 is 39.8. The van der Waals surface area contributed by atoms with E-state index in [9.17, 15) is 18.4 Å². The highest BCUT2D eigenvalue weighted by Crippen LogP contribution is 2.32. The van der Waals surface area contributed by atoms with Crippen molar-refractivity contribution in [2.45, 2.75) is 26.0 Å². The highest BCUT2D eigenvalue weighted by molar-refractivity contribution is 5.90. The summed E-state index contributed by atoms with van der Waals surface area (Å²) in [7, 11) is 0. The first-order chi connectivity index (χ1) is 15.4. The lowest BCUT2D eigenvalue weighted by Gasteiger charge is -2.27. The molecule has 0 aliphatic carbocycles. The highest BCUT2D eigenvalue weighted by Gasteiger charge is 2.34. The summed E-state index contributed by atoms with van der Waals surface area (Å²) in [5.41, 5.74) is 1.82. The Morgan fingerprint density at radius 1 is 1.19 bits per heavy atom. The number of carbonyl (C=O) groups excluding carboxylic acids is 2. The van der Waals surface area contributed by atoms with Crippen molar-refractivity contribution in [2.75, 3.05) is 31.1 Å². The minimum absolute atomic E-state index is 0.0431. The minimum atomic E-state index is -0.734. The van der Waals surface area contributed by atoms with Crippen molar-refractivity contribution in [2.24, 2.45) is 0 Å². The van der Waals surface area contributed by atoms with Gasteiger partial charge in [-0.15, -0.1) is 0 Å². The second kappa shape index (κ2) is 9.48. The van der Waals surface area contributed by atoms with Crippen LogP contribution >= 0.6 is 0 Å². The Balaban J connectivity index is 1.45. The van der Waals surface area contributed by atoms with Gasteiger partial charge in [0, 0.05) is 32.1 Å². The van der Waals surface area contributed by atoms with Crippen molar-refractivity contribution in [1.29, 1.82) is 0 Å². The molecule has 1 amide bonds. The molecule has 2 aliphatic heterocycles. The van der Waals surface area contributed by atoms with Gasteiger partial charge in [0.2, 0.25) is 0 Å². The van der Waals surface area contributed by atoms with E-state index in [1.165, 1.54) is 12.5 Å². The Morgan fingerprint density at radius 3 is 2.53 bits per heavy atom. The lowest BCUT2D eigenvalue weighted by atomic mass is 9.97. The molecule has 2 aromatic rings. The molecule has 1 atom stereocenters. The third-order valence-electron chi connectivity index (χ3n) is 5.55. The molecule has 0 unspecified atom stereocenters. The monoisotopic (exact) mass is 442 g/mol. The molecule has 0 N–H and O–H groups in total. The summed E-state index contributed by atoms with van der Waals surface area (Å²) >= 11 is 0. The van der Waals surface area contributed by atoms with Gasteiger partial charge in [-0.2, -0.15) is 0 Å². The van der Waals surface area contributed by atoms with E-state index in [1.807, 2.05) is 24.3 Å². The van der Waals surface area contributed by atoms with Crippen molar-refractivity contribution in [3.05, 3.63) is 71.3 Å². The van der Waals surface area contributed by atoms with Crippen LogP contribution in [-0.4, -0.2) is 49.3 Å². The number of rotatable bonds is 6. The predicted octanol–water partition coefficient (Wildman–Crippen LogP) is 4.14. The van der Waals surface area contributed by atoms with Crippen molar-refractivity contribution >= 4 is 23.3 Å². The quantitative estimate of drug-likeness (QED) is 0.630. The summed E-state index contributed by atoms with van der Waals surface area (Å²) in [5.74, 6) is -1.94. The fraction of sp³-hybridized carbons (Fsp3) is 0.333. The Bertz CT molecular complexity index is 1020. The fourth-order valence-electron chi connectivity index (χ4n) is 3.98. The zero-order valence-corrected chi connectivity index (χ0v) is 17.7. The first kappa shape index (κ1) is 22.0. The SMILES string of the molecule is CC(=O)OC[C@H]1CN(c2cc(F)c(C3=CCN(Cc4ccccc4)CC3)c(F)c2)C(=O)O1. The van der Waals surface area contributed by atoms with Crippen LogP contribution in [0.15, 0.2) is 48.5 Å². The van der Waals surface area contributed by atoms with Crippen molar-refractivity contribution in [3.63, 3.8) is 0 Å². The van der Waals surface area contributed by atoms with Crippen molar-refractivity contribution < 1.29 is 27.8 Å². The first-order valence-corrected chi connectivity index (χ1v) is 10.5. The van der Waals surface area contributed by atoms with E-state index in [4.69, 9.17) is 9.47 Å². The lowest BCUT2D eigenvalue weighted by Crippen LogP contribution is -2.28. The second-order valence-corrected chi connectivity index (χ2v) is 7.90. The second-order valence-electron chi connectivity index (χ2n) is 7.90. The van der Waals surface area contributed by atoms with Crippen LogP contribution in [0.2, 0.25) is 0 Å². The van der Waals surface area contributed by atoms with Gasteiger partial charge < -0.3 is 9.47 Å². The average Bonchev–Trinajstić information content (AvgIpc) is 3.14. The normalized spacial score (nSPS) is 19.0. The molecule has 4 rings (SSSR count). The summed E-state index contributed by atoms with van der Waals surface area (Å²) in [5, 5.41) is 0. The number of cyclic esters (lactones) is 1. The molecule has 1 fully saturated rings. The number of nitrogens with zero attached hydrogens (tertiary/aromatic N) is 2. The van der Waals surface area contributed by atoms with Crippen LogP contribution in [0, 0.1) is 11.6 Å². The molecule has 0 radical (unpaired) electrons. The third kappa shape index (κ3) is 4.96. The number of benzene rings is 2. The predicted molar refractivity (Wildman–Crippen MR) is 115 cm³/mol. The molecule has 8 heteroatoms. The van der Waals surface area contributed by atoms with Crippen LogP contribution in [0.4, 0.5) is 19.3 Å². The molecule has 2 aromatic carbocycles. The van der Waals surface area contributed by atoms with E-state index < -0.39 is 29.8 Å².